The second kappa shape index (κ2) is 7.45. The minimum atomic E-state index is 0.0846. The minimum Gasteiger partial charge on any atom is -0.355 e. The van der Waals surface area contributed by atoms with Crippen molar-refractivity contribution in [2.45, 2.75) is 20.4 Å². The third-order valence-corrected chi connectivity index (χ3v) is 3.31. The van der Waals surface area contributed by atoms with Crippen molar-refractivity contribution in [1.29, 1.82) is 0 Å². The van der Waals surface area contributed by atoms with Gasteiger partial charge in [0.2, 0.25) is 5.91 Å². The van der Waals surface area contributed by atoms with Crippen molar-refractivity contribution in [3.63, 3.8) is 0 Å². The number of carbonyl (C=O) groups excluding carboxylic acids is 1. The normalized spacial score (nSPS) is 10.6. The van der Waals surface area contributed by atoms with Crippen molar-refractivity contribution in [3.05, 3.63) is 34.3 Å². The molecule has 1 rings (SSSR count). The Bertz CT molecular complexity index is 368. The molecule has 1 aromatic rings. The first-order valence-electron chi connectivity index (χ1n) is 5.89. The highest BCUT2D eigenvalue weighted by Crippen LogP contribution is 2.17. The summed E-state index contributed by atoms with van der Waals surface area (Å²) in [4.78, 5) is 13.6. The number of rotatable bonds is 6. The van der Waals surface area contributed by atoms with E-state index in [2.05, 4.69) is 39.1 Å². The zero-order chi connectivity index (χ0) is 12.7. The number of benzene rings is 1. The average Bonchev–Trinajstić information content (AvgIpc) is 2.31. The molecule has 4 heteroatoms. The molecule has 0 saturated heterocycles. The van der Waals surface area contributed by atoms with E-state index in [9.17, 15) is 4.79 Å². The largest absolute Gasteiger partial charge is 0.355 e. The molecule has 17 heavy (non-hydrogen) atoms. The van der Waals surface area contributed by atoms with Crippen LogP contribution in [0.4, 0.5) is 0 Å². The van der Waals surface area contributed by atoms with E-state index in [0.717, 1.165) is 17.6 Å². The molecule has 0 radical (unpaired) electrons. The Balaban J connectivity index is 2.58. The number of amides is 1. The minimum absolute atomic E-state index is 0.0846. The molecule has 0 spiro atoms. The van der Waals surface area contributed by atoms with Gasteiger partial charge in [0.1, 0.15) is 0 Å². The zero-order valence-electron chi connectivity index (χ0n) is 10.4. The molecule has 0 fully saturated rings. The third-order valence-electron chi connectivity index (χ3n) is 2.54. The Morgan fingerprint density at radius 2 is 2.06 bits per heavy atom. The lowest BCUT2D eigenvalue weighted by molar-refractivity contribution is -0.122. The number of hydrogen-bond donors (Lipinski definition) is 1. The number of nitrogens with zero attached hydrogens (tertiary/aromatic N) is 1. The van der Waals surface area contributed by atoms with Gasteiger partial charge in [-0.05, 0) is 25.1 Å². The first kappa shape index (κ1) is 14.2. The molecule has 1 amide bonds. The van der Waals surface area contributed by atoms with Gasteiger partial charge in [0.05, 0.1) is 6.54 Å². The van der Waals surface area contributed by atoms with E-state index < -0.39 is 0 Å². The molecule has 0 aliphatic carbocycles. The highest BCUT2D eigenvalue weighted by Gasteiger charge is 2.10. The summed E-state index contributed by atoms with van der Waals surface area (Å²) in [5.41, 5.74) is 1.21. The lowest BCUT2D eigenvalue weighted by Gasteiger charge is -2.20. The second-order valence-electron chi connectivity index (χ2n) is 3.85. The topological polar surface area (TPSA) is 32.3 Å². The molecule has 0 aromatic heterocycles. The van der Waals surface area contributed by atoms with Crippen LogP contribution in [0, 0.1) is 0 Å². The van der Waals surface area contributed by atoms with E-state index in [1.165, 1.54) is 5.56 Å². The first-order chi connectivity index (χ1) is 8.17. The van der Waals surface area contributed by atoms with Crippen molar-refractivity contribution < 1.29 is 4.79 Å². The molecule has 0 unspecified atom stereocenters. The number of likely N-dealkylation sites (N-methyl/N-ethyl adjacent to an activating group) is 2. The first-order valence-corrected chi connectivity index (χ1v) is 6.69. The highest BCUT2D eigenvalue weighted by atomic mass is 79.9. The molecule has 0 aliphatic heterocycles. The molecule has 0 atom stereocenters. The Labute approximate surface area is 111 Å². The smallest absolute Gasteiger partial charge is 0.234 e. The molecular weight excluding hydrogens is 280 g/mol. The Kier molecular flexibility index (Phi) is 6.22. The summed E-state index contributed by atoms with van der Waals surface area (Å²) >= 11 is 3.52. The van der Waals surface area contributed by atoms with Gasteiger partial charge in [-0.1, -0.05) is 41.1 Å². The SMILES string of the molecule is CCNC(=O)CN(CC)Cc1ccccc1Br. The van der Waals surface area contributed by atoms with E-state index in [1.54, 1.807) is 0 Å². The van der Waals surface area contributed by atoms with Gasteiger partial charge in [-0.3, -0.25) is 9.69 Å². The number of nitrogens with one attached hydrogen (secondary N) is 1. The van der Waals surface area contributed by atoms with Gasteiger partial charge in [-0.15, -0.1) is 0 Å². The maximum Gasteiger partial charge on any atom is 0.234 e. The summed E-state index contributed by atoms with van der Waals surface area (Å²) in [6.45, 7) is 6.78. The van der Waals surface area contributed by atoms with Gasteiger partial charge in [0.15, 0.2) is 0 Å². The summed E-state index contributed by atoms with van der Waals surface area (Å²) in [5, 5.41) is 2.82. The second-order valence-corrected chi connectivity index (χ2v) is 4.70. The number of halogens is 1. The standard InChI is InChI=1S/C13H19BrN2O/c1-3-15-13(17)10-16(4-2)9-11-7-5-6-8-12(11)14/h5-8H,3-4,9-10H2,1-2H3,(H,15,17). The fraction of sp³-hybridized carbons (Fsp3) is 0.462. The Hall–Kier alpha value is -0.870. The van der Waals surface area contributed by atoms with Gasteiger partial charge >= 0.3 is 0 Å². The van der Waals surface area contributed by atoms with Crippen LogP contribution in [-0.4, -0.2) is 30.4 Å². The molecular formula is C13H19BrN2O. The van der Waals surface area contributed by atoms with Gasteiger partial charge in [0.25, 0.3) is 0 Å². The van der Waals surface area contributed by atoms with Gasteiger partial charge in [0, 0.05) is 17.6 Å². The van der Waals surface area contributed by atoms with Crippen LogP contribution in [0.1, 0.15) is 19.4 Å². The summed E-state index contributed by atoms with van der Waals surface area (Å²) in [7, 11) is 0. The van der Waals surface area contributed by atoms with Crippen LogP contribution in [0.5, 0.6) is 0 Å². The molecule has 0 saturated carbocycles. The van der Waals surface area contributed by atoms with Crippen LogP contribution in [0.25, 0.3) is 0 Å². The zero-order valence-corrected chi connectivity index (χ0v) is 12.0. The monoisotopic (exact) mass is 298 g/mol. The lowest BCUT2D eigenvalue weighted by atomic mass is 10.2. The maximum atomic E-state index is 11.5. The fourth-order valence-electron chi connectivity index (χ4n) is 1.60. The average molecular weight is 299 g/mol. The lowest BCUT2D eigenvalue weighted by Crippen LogP contribution is -2.36. The van der Waals surface area contributed by atoms with Crippen molar-refractivity contribution in [2.75, 3.05) is 19.6 Å². The van der Waals surface area contributed by atoms with Gasteiger partial charge < -0.3 is 5.32 Å². The van der Waals surface area contributed by atoms with E-state index in [4.69, 9.17) is 0 Å². The highest BCUT2D eigenvalue weighted by molar-refractivity contribution is 9.10. The van der Waals surface area contributed by atoms with Crippen molar-refractivity contribution in [3.8, 4) is 0 Å². The quantitative estimate of drug-likeness (QED) is 0.875. The predicted octanol–water partition coefficient (Wildman–Crippen LogP) is 2.41. The van der Waals surface area contributed by atoms with Crippen LogP contribution in [0.15, 0.2) is 28.7 Å². The molecule has 1 aromatic carbocycles. The van der Waals surface area contributed by atoms with Crippen molar-refractivity contribution in [2.24, 2.45) is 0 Å². The molecule has 0 aliphatic rings. The number of hydrogen-bond acceptors (Lipinski definition) is 2. The summed E-state index contributed by atoms with van der Waals surface area (Å²) in [6.07, 6.45) is 0. The van der Waals surface area contributed by atoms with Crippen LogP contribution in [0.2, 0.25) is 0 Å². The van der Waals surface area contributed by atoms with E-state index >= 15 is 0 Å². The van der Waals surface area contributed by atoms with Crippen molar-refractivity contribution in [1.82, 2.24) is 10.2 Å². The van der Waals surface area contributed by atoms with E-state index in [-0.39, 0.29) is 5.91 Å². The van der Waals surface area contributed by atoms with Gasteiger partial charge in [-0.25, -0.2) is 0 Å². The molecule has 3 nitrogen and oxygen atoms in total. The summed E-state index contributed by atoms with van der Waals surface area (Å²) < 4.78 is 1.09. The fourth-order valence-corrected chi connectivity index (χ4v) is 2.01. The van der Waals surface area contributed by atoms with Crippen LogP contribution in [0.3, 0.4) is 0 Å². The third kappa shape index (κ3) is 4.88. The van der Waals surface area contributed by atoms with Gasteiger partial charge in [-0.2, -0.15) is 0 Å². The molecule has 0 bridgehead atoms. The Morgan fingerprint density at radius 1 is 1.35 bits per heavy atom. The molecule has 1 N–H and O–H groups in total. The van der Waals surface area contributed by atoms with E-state index in [0.29, 0.717) is 13.1 Å². The van der Waals surface area contributed by atoms with Crippen LogP contribution in [-0.2, 0) is 11.3 Å². The predicted molar refractivity (Wildman–Crippen MR) is 73.8 cm³/mol. The summed E-state index contributed by atoms with van der Waals surface area (Å²) in [5.74, 6) is 0.0846. The molecule has 0 heterocycles. The van der Waals surface area contributed by atoms with Crippen LogP contribution < -0.4 is 5.32 Å². The maximum absolute atomic E-state index is 11.5. The van der Waals surface area contributed by atoms with Crippen molar-refractivity contribution >= 4 is 21.8 Å². The Morgan fingerprint density at radius 3 is 2.65 bits per heavy atom. The van der Waals surface area contributed by atoms with Crippen LogP contribution >= 0.6 is 15.9 Å². The van der Waals surface area contributed by atoms with E-state index in [1.807, 2.05) is 25.1 Å². The summed E-state index contributed by atoms with van der Waals surface area (Å²) in [6, 6.07) is 8.10. The molecule has 94 valence electrons. The number of carbonyl (C=O) groups is 1.